The van der Waals surface area contributed by atoms with Crippen LogP contribution in [0.4, 0.5) is 27.8 Å². The number of aliphatic hydroxyl groups excluding tert-OH is 1. The van der Waals surface area contributed by atoms with E-state index in [1.54, 1.807) is 4.90 Å². The van der Waals surface area contributed by atoms with Crippen molar-refractivity contribution in [2.24, 2.45) is 0 Å². The Hall–Kier alpha value is -3.89. The number of benzene rings is 1. The first kappa shape index (κ1) is 34.0. The number of nitrogens with one attached hydrogen (secondary N) is 1. The molecule has 1 aliphatic rings. The van der Waals surface area contributed by atoms with Crippen molar-refractivity contribution in [3.05, 3.63) is 77.7 Å². The van der Waals surface area contributed by atoms with Gasteiger partial charge in [0.2, 0.25) is 0 Å². The first-order valence-electron chi connectivity index (χ1n) is 13.8. The molecule has 0 radical (unpaired) electrons. The summed E-state index contributed by atoms with van der Waals surface area (Å²) in [5.74, 6) is -0.244. The SMILES string of the molecule is CCS(=O)(=O)c1ccc([C@H](CO)NC(=O)c2ccc(N3CC(Oc4ccc(C(F)(F)F)cc4)C[C@H]3COC(C)(F)F)nc2)nc1. The predicted octanol–water partition coefficient (Wildman–Crippen LogP) is 4.41. The summed E-state index contributed by atoms with van der Waals surface area (Å²) in [5, 5.41) is 12.4. The molecule has 16 heteroatoms. The highest BCUT2D eigenvalue weighted by molar-refractivity contribution is 7.91. The molecule has 2 aromatic heterocycles. The molecule has 1 amide bonds. The lowest BCUT2D eigenvalue weighted by molar-refractivity contribution is -0.225. The van der Waals surface area contributed by atoms with Crippen LogP contribution in [0, 0.1) is 0 Å². The van der Waals surface area contributed by atoms with Gasteiger partial charge in [0, 0.05) is 25.7 Å². The van der Waals surface area contributed by atoms with E-state index in [1.165, 1.54) is 49.5 Å². The number of sulfone groups is 1. The summed E-state index contributed by atoms with van der Waals surface area (Å²) < 4.78 is 100. The largest absolute Gasteiger partial charge is 0.489 e. The highest BCUT2D eigenvalue weighted by atomic mass is 32.2. The lowest BCUT2D eigenvalue weighted by Gasteiger charge is -2.26. The average molecular weight is 659 g/mol. The van der Waals surface area contributed by atoms with Crippen LogP contribution in [0.3, 0.4) is 0 Å². The minimum Gasteiger partial charge on any atom is -0.489 e. The molecule has 0 saturated carbocycles. The van der Waals surface area contributed by atoms with Gasteiger partial charge in [-0.25, -0.2) is 13.4 Å². The van der Waals surface area contributed by atoms with Crippen molar-refractivity contribution < 1.29 is 49.7 Å². The molecule has 0 spiro atoms. The molecule has 4 rings (SSSR count). The van der Waals surface area contributed by atoms with Gasteiger partial charge < -0.3 is 24.8 Å². The molecule has 1 unspecified atom stereocenters. The van der Waals surface area contributed by atoms with Crippen molar-refractivity contribution in [2.75, 3.05) is 30.4 Å². The van der Waals surface area contributed by atoms with Crippen molar-refractivity contribution in [1.82, 2.24) is 15.3 Å². The number of alkyl halides is 5. The molecular weight excluding hydrogens is 627 g/mol. The number of amides is 1. The summed E-state index contributed by atoms with van der Waals surface area (Å²) in [4.78, 5) is 23.0. The third kappa shape index (κ3) is 8.85. The van der Waals surface area contributed by atoms with E-state index in [1.807, 2.05) is 0 Å². The van der Waals surface area contributed by atoms with Gasteiger partial charge in [0.05, 0.1) is 59.3 Å². The topological polar surface area (TPSA) is 131 Å². The van der Waals surface area contributed by atoms with Crippen LogP contribution >= 0.6 is 0 Å². The number of nitrogens with zero attached hydrogens (tertiary/aromatic N) is 3. The van der Waals surface area contributed by atoms with Crippen molar-refractivity contribution >= 4 is 21.6 Å². The molecule has 244 valence electrons. The highest BCUT2D eigenvalue weighted by Crippen LogP contribution is 2.32. The zero-order valence-electron chi connectivity index (χ0n) is 24.2. The number of anilines is 1. The van der Waals surface area contributed by atoms with Crippen LogP contribution < -0.4 is 15.0 Å². The summed E-state index contributed by atoms with van der Waals surface area (Å²) in [6.45, 7) is 1.32. The zero-order chi connectivity index (χ0) is 33.0. The molecule has 0 bridgehead atoms. The second-order valence-corrected chi connectivity index (χ2v) is 12.6. The Labute approximate surface area is 256 Å². The Morgan fingerprint density at radius 2 is 1.78 bits per heavy atom. The molecule has 1 fully saturated rings. The van der Waals surface area contributed by atoms with E-state index in [0.29, 0.717) is 12.7 Å². The molecule has 3 atom stereocenters. The van der Waals surface area contributed by atoms with Crippen LogP contribution in [0.1, 0.15) is 47.9 Å². The fraction of sp³-hybridized carbons (Fsp3) is 0.414. The Balaban J connectivity index is 1.45. The van der Waals surface area contributed by atoms with E-state index in [4.69, 9.17) is 9.47 Å². The summed E-state index contributed by atoms with van der Waals surface area (Å²) in [6, 6.07) is 8.20. The number of aliphatic hydroxyl groups is 1. The van der Waals surface area contributed by atoms with Crippen LogP contribution in [0.5, 0.6) is 5.75 Å². The van der Waals surface area contributed by atoms with Gasteiger partial charge in [-0.15, -0.1) is 0 Å². The van der Waals surface area contributed by atoms with Crippen LogP contribution in [0.15, 0.2) is 65.8 Å². The number of ether oxygens (including phenoxy) is 2. The molecule has 2 N–H and O–H groups in total. The Kier molecular flexibility index (Phi) is 10.3. The molecule has 3 heterocycles. The summed E-state index contributed by atoms with van der Waals surface area (Å²) >= 11 is 0. The predicted molar refractivity (Wildman–Crippen MR) is 152 cm³/mol. The first-order valence-corrected chi connectivity index (χ1v) is 15.4. The minimum absolute atomic E-state index is 0.0110. The van der Waals surface area contributed by atoms with Crippen molar-refractivity contribution in [3.63, 3.8) is 0 Å². The molecule has 1 saturated heterocycles. The van der Waals surface area contributed by atoms with Crippen LogP contribution in [0.2, 0.25) is 0 Å². The highest BCUT2D eigenvalue weighted by Gasteiger charge is 2.37. The quantitative estimate of drug-likeness (QED) is 0.272. The number of aromatic nitrogens is 2. The Morgan fingerprint density at radius 3 is 2.31 bits per heavy atom. The molecule has 0 aliphatic carbocycles. The van der Waals surface area contributed by atoms with E-state index in [-0.39, 0.29) is 40.6 Å². The molecular formula is C29H31F5N4O6S. The Bertz CT molecular complexity index is 1550. The minimum atomic E-state index is -4.51. The van der Waals surface area contributed by atoms with Gasteiger partial charge in [0.25, 0.3) is 5.91 Å². The summed E-state index contributed by atoms with van der Waals surface area (Å²) in [7, 11) is -3.48. The number of pyridine rings is 2. The monoisotopic (exact) mass is 658 g/mol. The first-order chi connectivity index (χ1) is 21.1. The van der Waals surface area contributed by atoms with Gasteiger partial charge in [0.1, 0.15) is 17.7 Å². The third-order valence-electron chi connectivity index (χ3n) is 7.04. The van der Waals surface area contributed by atoms with E-state index in [9.17, 15) is 40.3 Å². The van der Waals surface area contributed by atoms with Crippen LogP contribution in [0.25, 0.3) is 0 Å². The standard InChI is InChI=1S/C29H31F5N4O6S/c1-3-45(41,42)23-9-10-24(35-14-23)25(16-39)37-27(40)18-4-11-26(36-13-18)38-15-22(12-20(38)17-43-28(2,30)31)44-21-7-5-19(6-8-21)29(32,33)34/h4-11,13-14,20,22,25,39H,3,12,15-17H2,1-2H3,(H,37,40)/t20-,22?,25-/m0/s1. The molecule has 1 aromatic carbocycles. The maximum Gasteiger partial charge on any atom is 0.416 e. The average Bonchev–Trinajstić information content (AvgIpc) is 3.40. The van der Waals surface area contributed by atoms with E-state index in [2.05, 4.69) is 15.3 Å². The number of rotatable bonds is 12. The van der Waals surface area contributed by atoms with E-state index >= 15 is 0 Å². The normalized spacial score (nSPS) is 18.1. The molecule has 45 heavy (non-hydrogen) atoms. The molecule has 1 aliphatic heterocycles. The number of hydrogen-bond donors (Lipinski definition) is 2. The summed E-state index contributed by atoms with van der Waals surface area (Å²) in [6.07, 6.45) is -5.91. The number of halogens is 5. The second-order valence-electron chi connectivity index (χ2n) is 10.4. The number of carbonyl (C=O) groups is 1. The van der Waals surface area contributed by atoms with Gasteiger partial charge in [-0.1, -0.05) is 6.92 Å². The lowest BCUT2D eigenvalue weighted by atomic mass is 10.1. The number of carbonyl (C=O) groups excluding carboxylic acids is 1. The van der Waals surface area contributed by atoms with Crippen molar-refractivity contribution in [2.45, 2.75) is 55.6 Å². The van der Waals surface area contributed by atoms with Crippen LogP contribution in [-0.4, -0.2) is 73.2 Å². The fourth-order valence-electron chi connectivity index (χ4n) is 4.65. The summed E-state index contributed by atoms with van der Waals surface area (Å²) in [5.41, 5.74) is -0.501. The zero-order valence-corrected chi connectivity index (χ0v) is 25.0. The molecule has 10 nitrogen and oxygen atoms in total. The smallest absolute Gasteiger partial charge is 0.416 e. The Morgan fingerprint density at radius 1 is 1.07 bits per heavy atom. The van der Waals surface area contributed by atoms with E-state index < -0.39 is 65.0 Å². The maximum absolute atomic E-state index is 13.5. The van der Waals surface area contributed by atoms with Gasteiger partial charge in [-0.2, -0.15) is 22.0 Å². The van der Waals surface area contributed by atoms with Crippen molar-refractivity contribution in [3.8, 4) is 5.75 Å². The fourth-order valence-corrected chi connectivity index (χ4v) is 5.47. The second kappa shape index (κ2) is 13.6. The van der Waals surface area contributed by atoms with Gasteiger partial charge in [-0.3, -0.25) is 9.78 Å². The van der Waals surface area contributed by atoms with Gasteiger partial charge in [0.15, 0.2) is 9.84 Å². The molecule has 3 aromatic rings. The maximum atomic E-state index is 13.5. The van der Waals surface area contributed by atoms with Gasteiger partial charge >= 0.3 is 12.3 Å². The van der Waals surface area contributed by atoms with E-state index in [0.717, 1.165) is 18.3 Å². The third-order valence-corrected chi connectivity index (χ3v) is 8.76. The van der Waals surface area contributed by atoms with Crippen LogP contribution in [-0.2, 0) is 20.8 Å². The van der Waals surface area contributed by atoms with Crippen molar-refractivity contribution in [1.29, 1.82) is 0 Å². The number of hydrogen-bond acceptors (Lipinski definition) is 9. The van der Waals surface area contributed by atoms with Gasteiger partial charge in [-0.05, 0) is 48.5 Å². The lowest BCUT2D eigenvalue weighted by Crippen LogP contribution is -2.36.